The summed E-state index contributed by atoms with van der Waals surface area (Å²) in [5.74, 6) is 0.160. The fourth-order valence-electron chi connectivity index (χ4n) is 2.33. The maximum absolute atomic E-state index is 14.0. The van der Waals surface area contributed by atoms with Crippen molar-refractivity contribution in [3.8, 4) is 11.5 Å². The summed E-state index contributed by atoms with van der Waals surface area (Å²) < 4.78 is 38.4. The summed E-state index contributed by atoms with van der Waals surface area (Å²) in [4.78, 5) is 4.07. The zero-order chi connectivity index (χ0) is 19.3. The molecule has 27 heavy (non-hydrogen) atoms. The summed E-state index contributed by atoms with van der Waals surface area (Å²) in [6.07, 6.45) is 1.53. The first kappa shape index (κ1) is 18.9. The number of aromatic nitrogens is 1. The minimum absolute atomic E-state index is 0.178. The van der Waals surface area contributed by atoms with E-state index in [1.54, 1.807) is 36.4 Å². The van der Waals surface area contributed by atoms with Crippen LogP contribution in [0.2, 0.25) is 0 Å². The van der Waals surface area contributed by atoms with Gasteiger partial charge < -0.3 is 9.05 Å². The molecule has 2 aromatic carbocycles. The van der Waals surface area contributed by atoms with Crippen LogP contribution in [0.1, 0.15) is 25.3 Å². The van der Waals surface area contributed by atoms with Gasteiger partial charge in [-0.25, -0.2) is 13.9 Å². The number of pyridine rings is 1. The molecule has 0 spiro atoms. The van der Waals surface area contributed by atoms with Crippen molar-refractivity contribution in [3.63, 3.8) is 0 Å². The van der Waals surface area contributed by atoms with Gasteiger partial charge in [0, 0.05) is 6.20 Å². The van der Waals surface area contributed by atoms with Crippen molar-refractivity contribution in [2.75, 3.05) is 5.09 Å². The van der Waals surface area contributed by atoms with E-state index in [-0.39, 0.29) is 11.6 Å². The van der Waals surface area contributed by atoms with Crippen LogP contribution < -0.4 is 14.1 Å². The van der Waals surface area contributed by atoms with E-state index in [0.717, 1.165) is 5.56 Å². The maximum atomic E-state index is 14.0. The van der Waals surface area contributed by atoms with Gasteiger partial charge >= 0.3 is 7.75 Å². The summed E-state index contributed by atoms with van der Waals surface area (Å²) in [6.45, 7) is 4.15. The molecule has 1 heterocycles. The molecule has 0 radical (unpaired) electrons. The zero-order valence-electron chi connectivity index (χ0n) is 15.0. The van der Waals surface area contributed by atoms with Crippen molar-refractivity contribution in [1.82, 2.24) is 4.98 Å². The number of nitrogens with one attached hydrogen (secondary N) is 1. The maximum Gasteiger partial charge on any atom is 0.542 e. The third-order valence-electron chi connectivity index (χ3n) is 3.74. The number of para-hydroxylation sites is 1. The van der Waals surface area contributed by atoms with Gasteiger partial charge in [0.1, 0.15) is 11.6 Å². The first-order valence-corrected chi connectivity index (χ1v) is 10.0. The van der Waals surface area contributed by atoms with Gasteiger partial charge in [0.15, 0.2) is 11.6 Å². The molecule has 1 N–H and O–H groups in total. The number of benzene rings is 2. The Balaban J connectivity index is 1.89. The van der Waals surface area contributed by atoms with Gasteiger partial charge in [-0.15, -0.1) is 0 Å². The van der Waals surface area contributed by atoms with Crippen molar-refractivity contribution in [1.29, 1.82) is 0 Å². The van der Waals surface area contributed by atoms with E-state index in [2.05, 4.69) is 23.9 Å². The zero-order valence-corrected chi connectivity index (χ0v) is 15.9. The molecule has 0 bridgehead atoms. The van der Waals surface area contributed by atoms with Crippen LogP contribution in [0.25, 0.3) is 0 Å². The van der Waals surface area contributed by atoms with Crippen molar-refractivity contribution in [2.24, 2.45) is 0 Å². The van der Waals surface area contributed by atoms with E-state index in [1.807, 2.05) is 12.1 Å². The van der Waals surface area contributed by atoms with Crippen molar-refractivity contribution in [3.05, 3.63) is 84.3 Å². The molecule has 3 aromatic rings. The van der Waals surface area contributed by atoms with Crippen LogP contribution >= 0.6 is 7.75 Å². The smallest absolute Gasteiger partial charge is 0.400 e. The van der Waals surface area contributed by atoms with Gasteiger partial charge in [0.2, 0.25) is 0 Å². The van der Waals surface area contributed by atoms with Crippen LogP contribution in [0.15, 0.2) is 72.9 Å². The SMILES string of the molecule is CC(C)c1ccc(O[P@@](=O)(Nc2ccccn2)Oc2ccccc2F)cc1. The first-order valence-electron chi connectivity index (χ1n) is 8.48. The topological polar surface area (TPSA) is 60.5 Å². The molecule has 5 nitrogen and oxygen atoms in total. The lowest BCUT2D eigenvalue weighted by molar-refractivity contribution is 0.382. The molecule has 3 rings (SSSR count). The molecule has 0 aliphatic carbocycles. The third kappa shape index (κ3) is 5.08. The number of hydrogen-bond donors (Lipinski definition) is 1. The summed E-state index contributed by atoms with van der Waals surface area (Å²) in [7, 11) is -4.00. The number of hydrogen-bond acceptors (Lipinski definition) is 4. The molecule has 0 saturated carbocycles. The minimum atomic E-state index is -4.00. The van der Waals surface area contributed by atoms with Crippen LogP contribution in [0.5, 0.6) is 11.5 Å². The highest BCUT2D eigenvalue weighted by Crippen LogP contribution is 2.48. The van der Waals surface area contributed by atoms with E-state index in [4.69, 9.17) is 9.05 Å². The highest BCUT2D eigenvalue weighted by molar-refractivity contribution is 7.56. The lowest BCUT2D eigenvalue weighted by atomic mass is 10.0. The highest BCUT2D eigenvalue weighted by atomic mass is 31.2. The Morgan fingerprint density at radius 1 is 0.963 bits per heavy atom. The van der Waals surface area contributed by atoms with Gasteiger partial charge in [-0.05, 0) is 47.9 Å². The molecule has 0 aliphatic rings. The summed E-state index contributed by atoms with van der Waals surface area (Å²) in [5.41, 5.74) is 1.12. The Hall–Kier alpha value is -2.85. The second-order valence-corrected chi connectivity index (χ2v) is 7.74. The molecule has 1 atom stereocenters. The summed E-state index contributed by atoms with van der Waals surface area (Å²) in [6, 6.07) is 17.9. The number of rotatable bonds is 7. The largest absolute Gasteiger partial charge is 0.542 e. The molecule has 0 aliphatic heterocycles. The quantitative estimate of drug-likeness (QED) is 0.503. The van der Waals surface area contributed by atoms with E-state index in [1.165, 1.54) is 24.4 Å². The van der Waals surface area contributed by atoms with Crippen LogP contribution in [-0.4, -0.2) is 4.98 Å². The Morgan fingerprint density at radius 2 is 1.67 bits per heavy atom. The van der Waals surface area contributed by atoms with E-state index in [0.29, 0.717) is 11.7 Å². The van der Waals surface area contributed by atoms with Crippen LogP contribution in [0.3, 0.4) is 0 Å². The standard InChI is InChI=1S/C20H20FN2O3P/c1-15(2)16-10-12-17(13-11-16)25-27(24,23-20-9-5-6-14-22-20)26-19-8-4-3-7-18(19)21/h3-15H,1-2H3,(H,22,23,24)/t27-/m0/s1. The fourth-order valence-corrected chi connectivity index (χ4v) is 3.68. The average molecular weight is 386 g/mol. The van der Waals surface area contributed by atoms with Crippen LogP contribution in [-0.2, 0) is 4.57 Å². The summed E-state index contributed by atoms with van der Waals surface area (Å²) >= 11 is 0. The van der Waals surface area contributed by atoms with Gasteiger partial charge in [-0.3, -0.25) is 5.09 Å². The molecular formula is C20H20FN2O3P. The predicted octanol–water partition coefficient (Wildman–Crippen LogP) is 6.02. The normalized spacial score (nSPS) is 13.0. The predicted molar refractivity (Wildman–Crippen MR) is 104 cm³/mol. The van der Waals surface area contributed by atoms with Gasteiger partial charge in [0.25, 0.3) is 0 Å². The van der Waals surface area contributed by atoms with Crippen molar-refractivity contribution < 1.29 is 18.0 Å². The molecule has 0 fully saturated rings. The molecule has 140 valence electrons. The Labute approximate surface area is 157 Å². The second-order valence-electron chi connectivity index (χ2n) is 6.16. The van der Waals surface area contributed by atoms with Gasteiger partial charge in [-0.2, -0.15) is 0 Å². The monoisotopic (exact) mass is 386 g/mol. The van der Waals surface area contributed by atoms with Crippen LogP contribution in [0, 0.1) is 5.82 Å². The van der Waals surface area contributed by atoms with Gasteiger partial charge in [0.05, 0.1) is 0 Å². The fraction of sp³-hybridized carbons (Fsp3) is 0.150. The Kier molecular flexibility index (Phi) is 5.77. The van der Waals surface area contributed by atoms with Crippen LogP contribution in [0.4, 0.5) is 10.2 Å². The Morgan fingerprint density at radius 3 is 2.30 bits per heavy atom. The third-order valence-corrected chi connectivity index (χ3v) is 5.14. The minimum Gasteiger partial charge on any atom is -0.400 e. The number of halogens is 1. The van der Waals surface area contributed by atoms with E-state index in [9.17, 15) is 8.96 Å². The lowest BCUT2D eigenvalue weighted by Gasteiger charge is -2.21. The molecule has 7 heteroatoms. The van der Waals surface area contributed by atoms with E-state index < -0.39 is 13.6 Å². The highest BCUT2D eigenvalue weighted by Gasteiger charge is 2.30. The van der Waals surface area contributed by atoms with E-state index >= 15 is 0 Å². The second kappa shape index (κ2) is 8.23. The lowest BCUT2D eigenvalue weighted by Crippen LogP contribution is -2.11. The summed E-state index contributed by atoms with van der Waals surface area (Å²) in [5, 5.41) is 2.65. The van der Waals surface area contributed by atoms with Crippen molar-refractivity contribution >= 4 is 13.6 Å². The molecule has 0 amide bonds. The molecule has 0 unspecified atom stereocenters. The first-order chi connectivity index (χ1) is 13.0. The van der Waals surface area contributed by atoms with Gasteiger partial charge in [-0.1, -0.05) is 44.2 Å². The molecular weight excluding hydrogens is 366 g/mol. The average Bonchev–Trinajstić information content (AvgIpc) is 2.65. The van der Waals surface area contributed by atoms with Crippen molar-refractivity contribution in [2.45, 2.75) is 19.8 Å². The Bertz CT molecular complexity index is 933. The number of nitrogens with zero attached hydrogens (tertiary/aromatic N) is 1. The molecule has 0 saturated heterocycles. The number of anilines is 1. The molecule has 1 aromatic heterocycles.